The van der Waals surface area contributed by atoms with E-state index in [9.17, 15) is 9.90 Å². The third kappa shape index (κ3) is 5.50. The molecule has 11 nitrogen and oxygen atoms in total. The first-order chi connectivity index (χ1) is 24.9. The van der Waals surface area contributed by atoms with Crippen LogP contribution in [-0.4, -0.2) is 71.9 Å². The van der Waals surface area contributed by atoms with Gasteiger partial charge < -0.3 is 19.6 Å². The molecule has 0 bridgehead atoms. The molecule has 5 heterocycles. The van der Waals surface area contributed by atoms with Crippen molar-refractivity contribution in [2.24, 2.45) is 18.9 Å². The highest BCUT2D eigenvalue weighted by Gasteiger charge is 2.67. The van der Waals surface area contributed by atoms with Gasteiger partial charge in [0.15, 0.2) is 11.9 Å². The monoisotopic (exact) mass is 702 g/mol. The Bertz CT molecular complexity index is 2240. The van der Waals surface area contributed by atoms with Crippen LogP contribution in [0.2, 0.25) is 5.02 Å². The number of hydrogen-bond donors (Lipinski definition) is 1. The maximum atomic E-state index is 12.7. The van der Waals surface area contributed by atoms with Crippen LogP contribution in [-0.2, 0) is 23.7 Å². The smallest absolute Gasteiger partial charge is 0.407 e. The fraction of sp³-hybridized carbons (Fsp3) is 0.359. The van der Waals surface area contributed by atoms with Gasteiger partial charge in [-0.3, -0.25) is 4.68 Å². The van der Waals surface area contributed by atoms with E-state index >= 15 is 0 Å². The van der Waals surface area contributed by atoms with Crippen molar-refractivity contribution in [2.75, 3.05) is 31.1 Å². The van der Waals surface area contributed by atoms with Crippen molar-refractivity contribution in [1.82, 2.24) is 34.4 Å². The molecule has 6 aromatic rings. The van der Waals surface area contributed by atoms with Gasteiger partial charge in [0.25, 0.3) is 0 Å². The molecule has 1 aliphatic carbocycles. The summed E-state index contributed by atoms with van der Waals surface area (Å²) in [6, 6.07) is 24.2. The first-order valence-corrected chi connectivity index (χ1v) is 18.1. The molecule has 1 saturated carbocycles. The number of halogens is 1. The molecule has 0 radical (unpaired) electrons. The molecular formula is C39H39ClN8O3. The van der Waals surface area contributed by atoms with E-state index in [4.69, 9.17) is 31.4 Å². The van der Waals surface area contributed by atoms with Crippen LogP contribution in [0.4, 0.5) is 10.6 Å². The van der Waals surface area contributed by atoms with Crippen LogP contribution in [0.3, 0.4) is 0 Å². The Labute approximate surface area is 300 Å². The molecule has 9 rings (SSSR count). The van der Waals surface area contributed by atoms with Gasteiger partial charge in [0.2, 0.25) is 0 Å². The number of carboxylic acid groups (broad SMARTS) is 1. The number of fused-ring (bicyclic) bond motifs is 3. The maximum Gasteiger partial charge on any atom is 0.407 e. The van der Waals surface area contributed by atoms with E-state index < -0.39 is 6.09 Å². The fourth-order valence-electron chi connectivity index (χ4n) is 8.71. The Balaban J connectivity index is 1.06. The highest BCUT2D eigenvalue weighted by atomic mass is 35.5. The number of nitrogens with zero attached hydrogens (tertiary/aromatic N) is 8. The van der Waals surface area contributed by atoms with E-state index in [0.29, 0.717) is 47.5 Å². The van der Waals surface area contributed by atoms with E-state index in [0.717, 1.165) is 66.6 Å². The van der Waals surface area contributed by atoms with Gasteiger partial charge in [0, 0.05) is 62.4 Å². The predicted molar refractivity (Wildman–Crippen MR) is 196 cm³/mol. The van der Waals surface area contributed by atoms with Gasteiger partial charge in [-0.05, 0) is 60.8 Å². The summed E-state index contributed by atoms with van der Waals surface area (Å²) in [7, 11) is 1.88. The van der Waals surface area contributed by atoms with Crippen molar-refractivity contribution in [1.29, 1.82) is 0 Å². The van der Waals surface area contributed by atoms with Crippen LogP contribution in [0.25, 0.3) is 33.3 Å². The minimum absolute atomic E-state index is 0.244. The van der Waals surface area contributed by atoms with E-state index in [1.54, 1.807) is 9.58 Å². The van der Waals surface area contributed by atoms with Crippen LogP contribution in [0, 0.1) is 11.8 Å². The van der Waals surface area contributed by atoms with Gasteiger partial charge in [-0.25, -0.2) is 19.4 Å². The number of aryl methyl sites for hydroxylation is 1. The molecule has 3 aromatic carbocycles. The van der Waals surface area contributed by atoms with Gasteiger partial charge in [-0.1, -0.05) is 72.3 Å². The predicted octanol–water partition coefficient (Wildman–Crippen LogP) is 7.31. The van der Waals surface area contributed by atoms with Gasteiger partial charge in [0.1, 0.15) is 17.0 Å². The molecule has 1 amide bonds. The van der Waals surface area contributed by atoms with Crippen molar-refractivity contribution in [3.05, 3.63) is 101 Å². The molecule has 260 valence electrons. The molecule has 2 aliphatic heterocycles. The minimum Gasteiger partial charge on any atom is -0.465 e. The summed E-state index contributed by atoms with van der Waals surface area (Å²) in [5.41, 5.74) is 5.51. The van der Waals surface area contributed by atoms with E-state index in [-0.39, 0.29) is 17.6 Å². The first-order valence-electron chi connectivity index (χ1n) is 17.7. The van der Waals surface area contributed by atoms with Crippen LogP contribution >= 0.6 is 11.6 Å². The van der Waals surface area contributed by atoms with Crippen LogP contribution in [0.5, 0.6) is 0 Å². The summed E-state index contributed by atoms with van der Waals surface area (Å²) in [5.74, 6) is 1.41. The molecule has 4 atom stereocenters. The second kappa shape index (κ2) is 12.6. The standard InChI is InChI=1S/C39H39ClN8O3/c1-45-22-28-31(43-45)16-15-27(34(28)40)35-36-37(48(44-35)33-14-8-9-19-51-33)42-32(20-41-36)46-18-17-29-30(23-46)39(29,26-12-6-3-7-13-26)24-47(38(49)50)21-25-10-4-2-5-11-25/h2-7,10-13,15-16,20,22,29-30,33H,8-9,14,17-19,21,23-24H2,1H3,(H,49,50). The number of hydrogen-bond acceptors (Lipinski definition) is 7. The lowest BCUT2D eigenvalue weighted by molar-refractivity contribution is -0.0368. The molecule has 12 heteroatoms. The van der Waals surface area contributed by atoms with Gasteiger partial charge in [-0.15, -0.1) is 0 Å². The SMILES string of the molecule is Cn1cc2c(Cl)c(-c3nn(C4CCCCO4)c4nc(N5CCC6C(C5)C6(CN(Cc5ccccc5)C(=O)O)c5ccccc5)cnc34)ccc2n1. The summed E-state index contributed by atoms with van der Waals surface area (Å²) in [6.45, 7) is 3.01. The minimum atomic E-state index is -0.900. The highest BCUT2D eigenvalue weighted by molar-refractivity contribution is 6.38. The molecule has 3 aliphatic rings. The Kier molecular flexibility index (Phi) is 7.92. The number of carbonyl (C=O) groups is 1. The summed E-state index contributed by atoms with van der Waals surface area (Å²) in [4.78, 5) is 26.9. The Morgan fingerprint density at radius 3 is 2.59 bits per heavy atom. The van der Waals surface area contributed by atoms with Crippen LogP contribution < -0.4 is 4.90 Å². The number of anilines is 1. The van der Waals surface area contributed by atoms with Gasteiger partial charge in [-0.2, -0.15) is 10.2 Å². The molecule has 51 heavy (non-hydrogen) atoms. The summed E-state index contributed by atoms with van der Waals surface area (Å²) < 4.78 is 9.89. The lowest BCUT2D eigenvalue weighted by Gasteiger charge is -2.28. The van der Waals surface area contributed by atoms with Crippen molar-refractivity contribution >= 4 is 45.6 Å². The zero-order valence-corrected chi connectivity index (χ0v) is 29.2. The van der Waals surface area contributed by atoms with Crippen molar-refractivity contribution in [3.8, 4) is 11.3 Å². The quantitative estimate of drug-likeness (QED) is 0.176. The largest absolute Gasteiger partial charge is 0.465 e. The molecule has 3 aromatic heterocycles. The molecule has 0 spiro atoms. The molecule has 2 saturated heterocycles. The third-order valence-electron chi connectivity index (χ3n) is 11.2. The van der Waals surface area contributed by atoms with Crippen LogP contribution in [0.1, 0.15) is 43.0 Å². The van der Waals surface area contributed by atoms with E-state index in [1.807, 2.05) is 72.7 Å². The second-order valence-corrected chi connectivity index (χ2v) is 14.5. The average molecular weight is 703 g/mol. The number of rotatable bonds is 8. The summed E-state index contributed by atoms with van der Waals surface area (Å²) in [5, 5.41) is 21.4. The number of piperidine rings is 1. The topological polar surface area (TPSA) is 114 Å². The number of ether oxygens (including phenoxy) is 1. The lowest BCUT2D eigenvalue weighted by Crippen LogP contribution is -2.38. The van der Waals surface area contributed by atoms with E-state index in [2.05, 4.69) is 34.3 Å². The Morgan fingerprint density at radius 2 is 1.82 bits per heavy atom. The zero-order chi connectivity index (χ0) is 34.7. The third-order valence-corrected chi connectivity index (χ3v) is 11.6. The summed E-state index contributed by atoms with van der Waals surface area (Å²) >= 11 is 7.01. The van der Waals surface area contributed by atoms with Crippen molar-refractivity contribution in [2.45, 2.75) is 43.9 Å². The molecule has 4 unspecified atom stereocenters. The normalized spacial score (nSPS) is 23.0. The second-order valence-electron chi connectivity index (χ2n) is 14.2. The average Bonchev–Trinajstić information content (AvgIpc) is 3.39. The number of benzene rings is 3. The zero-order valence-electron chi connectivity index (χ0n) is 28.4. The summed E-state index contributed by atoms with van der Waals surface area (Å²) in [6.07, 6.45) is 6.46. The van der Waals surface area contributed by atoms with Crippen molar-refractivity contribution < 1.29 is 14.6 Å². The van der Waals surface area contributed by atoms with Crippen molar-refractivity contribution in [3.63, 3.8) is 0 Å². The van der Waals surface area contributed by atoms with Gasteiger partial charge >= 0.3 is 6.09 Å². The number of aromatic nitrogens is 6. The first kappa shape index (κ1) is 31.9. The van der Waals surface area contributed by atoms with E-state index in [1.165, 1.54) is 5.56 Å². The van der Waals surface area contributed by atoms with Crippen LogP contribution in [0.15, 0.2) is 85.2 Å². The fourth-order valence-corrected chi connectivity index (χ4v) is 9.01. The van der Waals surface area contributed by atoms with Gasteiger partial charge in [0.05, 0.1) is 16.7 Å². The molecular weight excluding hydrogens is 664 g/mol. The lowest BCUT2D eigenvalue weighted by atomic mass is 9.90. The Hall–Kier alpha value is -5.00. The Morgan fingerprint density at radius 1 is 1.02 bits per heavy atom. The maximum absolute atomic E-state index is 12.7. The number of amides is 1. The molecule has 1 N–H and O–H groups in total. The highest BCUT2D eigenvalue weighted by Crippen LogP contribution is 2.64. The molecule has 3 fully saturated rings.